The molecule has 0 aromatic rings. The average Bonchev–Trinajstić information content (AvgIpc) is 2.53. The summed E-state index contributed by atoms with van der Waals surface area (Å²) < 4.78 is 10.2. The maximum absolute atomic E-state index is 11.4. The molecule has 1 atom stereocenters. The molecule has 1 rings (SSSR count). The summed E-state index contributed by atoms with van der Waals surface area (Å²) in [4.78, 5) is 13.0. The zero-order valence-corrected chi connectivity index (χ0v) is 9.04. The first-order valence-electron chi connectivity index (χ1n) is 4.14. The van der Waals surface area contributed by atoms with Crippen LogP contribution in [0.3, 0.4) is 0 Å². The van der Waals surface area contributed by atoms with E-state index >= 15 is 0 Å². The van der Waals surface area contributed by atoms with Gasteiger partial charge in [-0.2, -0.15) is 0 Å². The van der Waals surface area contributed by atoms with Gasteiger partial charge in [-0.05, 0) is 0 Å². The lowest BCUT2D eigenvalue weighted by molar-refractivity contribution is -0.144. The van der Waals surface area contributed by atoms with Gasteiger partial charge >= 0.3 is 0 Å². The fourth-order valence-electron chi connectivity index (χ4n) is 1.30. The molecule has 1 heterocycles. The second kappa shape index (κ2) is 5.25. The third-order valence-electron chi connectivity index (χ3n) is 1.96. The minimum absolute atomic E-state index is 0.0389. The summed E-state index contributed by atoms with van der Waals surface area (Å²) in [6.45, 7) is 0.305. The van der Waals surface area contributed by atoms with E-state index in [4.69, 9.17) is 15.9 Å². The topological polar surface area (TPSA) is 38.8 Å². The summed E-state index contributed by atoms with van der Waals surface area (Å²) in [6, 6.07) is 0. The summed E-state index contributed by atoms with van der Waals surface area (Å²) in [6.07, 6.45) is 4.76. The van der Waals surface area contributed by atoms with E-state index < -0.39 is 6.29 Å². The second-order valence-electron chi connectivity index (χ2n) is 2.77. The number of terminal acetylenes is 1. The number of hydrogen-bond donors (Lipinski definition) is 0. The largest absolute Gasteiger partial charge is 0.353 e. The monoisotopic (exact) mass is 215 g/mol. The van der Waals surface area contributed by atoms with Crippen molar-refractivity contribution in [2.75, 3.05) is 26.5 Å². The lowest BCUT2D eigenvalue weighted by Crippen LogP contribution is -2.42. The molecular weight excluding hydrogens is 202 g/mol. The van der Waals surface area contributed by atoms with E-state index in [9.17, 15) is 4.79 Å². The van der Waals surface area contributed by atoms with Gasteiger partial charge in [0.15, 0.2) is 6.29 Å². The van der Waals surface area contributed by atoms with E-state index in [1.54, 1.807) is 19.1 Å². The number of ether oxygens (including phenoxy) is 2. The van der Waals surface area contributed by atoms with Crippen molar-refractivity contribution < 1.29 is 14.3 Å². The van der Waals surface area contributed by atoms with Gasteiger partial charge in [0.05, 0.1) is 12.3 Å². The summed E-state index contributed by atoms with van der Waals surface area (Å²) in [5, 5.41) is -0.131. The van der Waals surface area contributed by atoms with Crippen LogP contribution in [0.15, 0.2) is 0 Å². The number of nitrogens with zero attached hydrogens (tertiary/aromatic N) is 1. The van der Waals surface area contributed by atoms with E-state index in [-0.39, 0.29) is 11.3 Å². The van der Waals surface area contributed by atoms with E-state index in [2.05, 4.69) is 5.92 Å². The lowest BCUT2D eigenvalue weighted by atomic mass is 10.4. The Morgan fingerprint density at radius 2 is 2.36 bits per heavy atom. The Labute approximate surface area is 87.9 Å². The summed E-state index contributed by atoms with van der Waals surface area (Å²) >= 11 is 1.49. The fraction of sp³-hybridized carbons (Fsp3) is 0.667. The Morgan fingerprint density at radius 1 is 1.71 bits per heavy atom. The van der Waals surface area contributed by atoms with Gasteiger partial charge in [0.2, 0.25) is 5.91 Å². The Bertz CT molecular complexity index is 247. The van der Waals surface area contributed by atoms with E-state index in [1.165, 1.54) is 11.8 Å². The summed E-state index contributed by atoms with van der Waals surface area (Å²) in [7, 11) is 3.09. The highest BCUT2D eigenvalue weighted by molar-refractivity contribution is 8.01. The Hall–Kier alpha value is -0.700. The van der Waals surface area contributed by atoms with Gasteiger partial charge < -0.3 is 14.4 Å². The van der Waals surface area contributed by atoms with Crippen molar-refractivity contribution in [2.45, 2.75) is 11.7 Å². The first-order valence-corrected chi connectivity index (χ1v) is 5.19. The van der Waals surface area contributed by atoms with Gasteiger partial charge in [-0.25, -0.2) is 0 Å². The Kier molecular flexibility index (Phi) is 4.26. The van der Waals surface area contributed by atoms with Gasteiger partial charge in [0.25, 0.3) is 0 Å². The van der Waals surface area contributed by atoms with Crippen molar-refractivity contribution >= 4 is 17.7 Å². The molecule has 1 amide bonds. The van der Waals surface area contributed by atoms with Crippen molar-refractivity contribution in [3.05, 3.63) is 0 Å². The molecule has 0 aliphatic carbocycles. The quantitative estimate of drug-likeness (QED) is 0.494. The number of methoxy groups -OCH3 is 2. The number of amides is 1. The predicted molar refractivity (Wildman–Crippen MR) is 54.6 cm³/mol. The molecule has 1 aliphatic heterocycles. The molecule has 4 nitrogen and oxygen atoms in total. The van der Waals surface area contributed by atoms with E-state index in [0.717, 1.165) is 0 Å². The van der Waals surface area contributed by atoms with Crippen LogP contribution in [0.5, 0.6) is 0 Å². The van der Waals surface area contributed by atoms with Gasteiger partial charge in [-0.3, -0.25) is 4.79 Å². The van der Waals surface area contributed by atoms with Crippen LogP contribution < -0.4 is 0 Å². The third-order valence-corrected chi connectivity index (χ3v) is 3.20. The molecule has 0 bridgehead atoms. The third kappa shape index (κ3) is 2.21. The highest BCUT2D eigenvalue weighted by Gasteiger charge is 2.37. The normalized spacial score (nSPS) is 21.7. The van der Waals surface area contributed by atoms with Crippen LogP contribution in [0.25, 0.3) is 0 Å². The van der Waals surface area contributed by atoms with E-state index in [0.29, 0.717) is 12.3 Å². The van der Waals surface area contributed by atoms with Crippen molar-refractivity contribution in [1.29, 1.82) is 0 Å². The number of carbonyl (C=O) groups excluding carboxylic acids is 1. The predicted octanol–water partition coefficient (Wildman–Crippen LogP) is 0.140. The molecule has 5 heteroatoms. The van der Waals surface area contributed by atoms with Crippen LogP contribution in [0, 0.1) is 12.3 Å². The zero-order valence-electron chi connectivity index (χ0n) is 8.23. The highest BCUT2D eigenvalue weighted by atomic mass is 32.2. The summed E-state index contributed by atoms with van der Waals surface area (Å²) in [5.41, 5.74) is 0. The molecule has 1 aliphatic rings. The second-order valence-corrected chi connectivity index (χ2v) is 3.87. The van der Waals surface area contributed by atoms with Crippen LogP contribution in [0.2, 0.25) is 0 Å². The van der Waals surface area contributed by atoms with Gasteiger partial charge in [-0.15, -0.1) is 18.2 Å². The standard InChI is InChI=1S/C9H13NO3S/c1-4-5-10-7(11)6-14-8(10)9(12-2)13-3/h1,8-9H,5-6H2,2-3H3. The molecule has 0 spiro atoms. The van der Waals surface area contributed by atoms with Crippen LogP contribution in [-0.4, -0.2) is 49.0 Å². The number of rotatable bonds is 4. The van der Waals surface area contributed by atoms with Crippen molar-refractivity contribution in [2.24, 2.45) is 0 Å². The van der Waals surface area contributed by atoms with Crippen molar-refractivity contribution in [3.63, 3.8) is 0 Å². The highest BCUT2D eigenvalue weighted by Crippen LogP contribution is 2.28. The molecule has 0 radical (unpaired) electrons. The summed E-state index contributed by atoms with van der Waals surface area (Å²) in [5.74, 6) is 2.93. The van der Waals surface area contributed by atoms with Crippen LogP contribution in [0.1, 0.15) is 0 Å². The SMILES string of the molecule is C#CCN1C(=O)CSC1C(OC)OC. The minimum Gasteiger partial charge on any atom is -0.353 e. The van der Waals surface area contributed by atoms with Gasteiger partial charge in [0, 0.05) is 14.2 Å². The molecule has 0 aromatic heterocycles. The first kappa shape index (κ1) is 11.4. The van der Waals surface area contributed by atoms with Crippen LogP contribution >= 0.6 is 11.8 Å². The maximum atomic E-state index is 11.4. The molecule has 0 N–H and O–H groups in total. The molecular formula is C9H13NO3S. The van der Waals surface area contributed by atoms with Crippen LogP contribution in [0.4, 0.5) is 0 Å². The number of hydrogen-bond acceptors (Lipinski definition) is 4. The number of thioether (sulfide) groups is 1. The zero-order chi connectivity index (χ0) is 10.6. The Balaban J connectivity index is 2.68. The fourth-order valence-corrected chi connectivity index (χ4v) is 2.53. The molecule has 0 saturated carbocycles. The first-order chi connectivity index (χ1) is 6.74. The molecule has 1 unspecified atom stereocenters. The molecule has 1 fully saturated rings. The smallest absolute Gasteiger partial charge is 0.234 e. The van der Waals surface area contributed by atoms with Crippen molar-refractivity contribution in [1.82, 2.24) is 4.90 Å². The molecule has 1 saturated heterocycles. The molecule has 78 valence electrons. The molecule has 0 aromatic carbocycles. The van der Waals surface area contributed by atoms with Gasteiger partial charge in [0.1, 0.15) is 5.37 Å². The lowest BCUT2D eigenvalue weighted by Gasteiger charge is -2.27. The van der Waals surface area contributed by atoms with Gasteiger partial charge in [-0.1, -0.05) is 5.92 Å². The van der Waals surface area contributed by atoms with Crippen LogP contribution in [-0.2, 0) is 14.3 Å². The molecule has 14 heavy (non-hydrogen) atoms. The maximum Gasteiger partial charge on any atom is 0.234 e. The van der Waals surface area contributed by atoms with Crippen molar-refractivity contribution in [3.8, 4) is 12.3 Å². The Morgan fingerprint density at radius 3 is 2.86 bits per heavy atom. The average molecular weight is 215 g/mol. The number of carbonyl (C=O) groups is 1. The minimum atomic E-state index is -0.417. The van der Waals surface area contributed by atoms with E-state index in [1.807, 2.05) is 0 Å².